The van der Waals surface area contributed by atoms with Gasteiger partial charge in [0.2, 0.25) is 0 Å². The fourth-order valence-electron chi connectivity index (χ4n) is 0.428. The molecule has 0 saturated heterocycles. The zero-order valence-corrected chi connectivity index (χ0v) is 13.5. The molecule has 0 unspecified atom stereocenters. The quantitative estimate of drug-likeness (QED) is 0.405. The molecule has 0 heterocycles. The van der Waals surface area contributed by atoms with Gasteiger partial charge >= 0.3 is 37.7 Å². The Morgan fingerprint density at radius 2 is 1.06 bits per heavy atom. The van der Waals surface area contributed by atoms with Gasteiger partial charge < -0.3 is 9.11 Å². The second-order valence-corrected chi connectivity index (χ2v) is 5.48. The van der Waals surface area contributed by atoms with Gasteiger partial charge in [0.15, 0.2) is 0 Å². The Balaban J connectivity index is -0.000000218. The summed E-state index contributed by atoms with van der Waals surface area (Å²) in [7, 11) is -8.05. The van der Waals surface area contributed by atoms with Crippen molar-refractivity contribution in [2.24, 2.45) is 0 Å². The first-order chi connectivity index (χ1) is 7.12. The van der Waals surface area contributed by atoms with Crippen LogP contribution in [0.3, 0.4) is 0 Å². The summed E-state index contributed by atoms with van der Waals surface area (Å²) in [6, 6.07) is 0. The Morgan fingerprint density at radius 3 is 1.12 bits per heavy atom. The van der Waals surface area contributed by atoms with Crippen molar-refractivity contribution in [3.8, 4) is 0 Å². The second kappa shape index (κ2) is 11.6. The van der Waals surface area contributed by atoms with Crippen molar-refractivity contribution in [2.75, 3.05) is 11.5 Å². The largest absolute Gasteiger partial charge is 2.00 e. The predicted molar refractivity (Wildman–Crippen MR) is 64.5 cm³/mol. The molecule has 0 atom stereocenters. The van der Waals surface area contributed by atoms with Crippen LogP contribution < -0.4 is 0 Å². The van der Waals surface area contributed by atoms with Crippen LogP contribution in [0.15, 0.2) is 24.3 Å². The number of rotatable bonds is 4. The van der Waals surface area contributed by atoms with Crippen LogP contribution in [0.5, 0.6) is 0 Å². The van der Waals surface area contributed by atoms with E-state index in [2.05, 4.69) is 0 Å². The van der Waals surface area contributed by atoms with E-state index in [0.29, 0.717) is 0 Å². The fraction of sp³-hybridized carbons (Fsp3) is 0.500. The van der Waals surface area contributed by atoms with Crippen LogP contribution in [0.4, 0.5) is 0 Å². The normalized spacial score (nSPS) is 12.0. The zero-order chi connectivity index (χ0) is 13.2. The topological polar surface area (TPSA) is 114 Å². The fourth-order valence-corrected chi connectivity index (χ4v) is 1.28. The average molecular weight is 310 g/mol. The van der Waals surface area contributed by atoms with Crippen molar-refractivity contribution in [1.82, 2.24) is 0 Å². The zero-order valence-electron chi connectivity index (χ0n) is 9.70. The summed E-state index contributed by atoms with van der Waals surface area (Å²) in [6.45, 7) is 3.32. The smallest absolute Gasteiger partial charge is 0.748 e. The molecule has 0 aromatic carbocycles. The van der Waals surface area contributed by atoms with E-state index >= 15 is 0 Å². The third-order valence-electron chi connectivity index (χ3n) is 1.07. The Morgan fingerprint density at radius 1 is 0.824 bits per heavy atom. The first kappa shape index (κ1) is 22.7. The maximum absolute atomic E-state index is 9.78. The van der Waals surface area contributed by atoms with Crippen LogP contribution in [0.2, 0.25) is 0 Å². The van der Waals surface area contributed by atoms with Gasteiger partial charge in [0, 0.05) is 0 Å². The van der Waals surface area contributed by atoms with Crippen molar-refractivity contribution in [3.05, 3.63) is 24.3 Å². The summed E-state index contributed by atoms with van der Waals surface area (Å²) in [6.07, 6.45) is 5.66. The molecule has 0 aromatic rings. The summed E-state index contributed by atoms with van der Waals surface area (Å²) in [5, 5.41) is 0. The summed E-state index contributed by atoms with van der Waals surface area (Å²) in [4.78, 5) is 0. The molecule has 0 saturated carbocycles. The number of allylic oxidation sites excluding steroid dienone is 2. The third kappa shape index (κ3) is 31.5. The molecule has 9 heteroatoms. The second-order valence-electron chi connectivity index (χ2n) is 2.59. The maximum Gasteiger partial charge on any atom is 2.00 e. The molecule has 17 heavy (non-hydrogen) atoms. The van der Waals surface area contributed by atoms with Gasteiger partial charge in [-0.3, -0.25) is 0 Å². The summed E-state index contributed by atoms with van der Waals surface area (Å²) < 4.78 is 58.7. The molecule has 0 aromatic heterocycles. The van der Waals surface area contributed by atoms with E-state index in [9.17, 15) is 25.9 Å². The van der Waals surface area contributed by atoms with Gasteiger partial charge in [-0.25, -0.2) is 16.8 Å². The number of hydrogen-bond donors (Lipinski definition) is 0. The van der Waals surface area contributed by atoms with E-state index in [1.165, 1.54) is 24.3 Å². The van der Waals surface area contributed by atoms with Gasteiger partial charge in [0.1, 0.15) is 0 Å². The summed E-state index contributed by atoms with van der Waals surface area (Å²) in [5.41, 5.74) is 0. The number of hydrogen-bond acceptors (Lipinski definition) is 6. The third-order valence-corrected chi connectivity index (χ3v) is 2.27. The van der Waals surface area contributed by atoms with Gasteiger partial charge in [0.25, 0.3) is 0 Å². The molecule has 0 radical (unpaired) electrons. The van der Waals surface area contributed by atoms with Gasteiger partial charge in [-0.1, -0.05) is 24.3 Å². The van der Waals surface area contributed by atoms with Crippen LogP contribution in [0, 0.1) is 0 Å². The van der Waals surface area contributed by atoms with Crippen molar-refractivity contribution >= 4 is 58.0 Å². The molecule has 0 rings (SSSR count). The first-order valence-corrected chi connectivity index (χ1v) is 7.37. The minimum atomic E-state index is -4.02. The van der Waals surface area contributed by atoms with Gasteiger partial charge in [-0.05, 0) is 13.8 Å². The predicted octanol–water partition coefficient (Wildman–Crippen LogP) is -0.165. The van der Waals surface area contributed by atoms with Gasteiger partial charge in [-0.2, -0.15) is 0 Å². The van der Waals surface area contributed by atoms with Crippen molar-refractivity contribution < 1.29 is 25.9 Å². The molecule has 0 aliphatic heterocycles. The van der Waals surface area contributed by atoms with E-state index < -0.39 is 31.7 Å². The van der Waals surface area contributed by atoms with Gasteiger partial charge in [0.05, 0.1) is 31.7 Å². The van der Waals surface area contributed by atoms with E-state index in [-0.39, 0.29) is 37.7 Å². The molecular formula is C8H14CaO6S2. The van der Waals surface area contributed by atoms with Crippen LogP contribution in [-0.2, 0) is 20.2 Å². The molecule has 0 aliphatic carbocycles. The monoisotopic (exact) mass is 310 g/mol. The van der Waals surface area contributed by atoms with Crippen molar-refractivity contribution in [3.63, 3.8) is 0 Å². The standard InChI is InChI=1S/2C4H8O3S.Ca/c2*1-2-3-4-8(5,6)7;/h2*2-3H,4H2,1H3,(H,5,6,7);/q;;+2/p-2/b2*3-2+;. The molecular weight excluding hydrogens is 296 g/mol. The minimum absolute atomic E-state index is 0. The summed E-state index contributed by atoms with van der Waals surface area (Å²) in [5.74, 6) is -0.799. The SMILES string of the molecule is C/C=C/CS(=O)(=O)[O-].C/C=C/CS(=O)(=O)[O-].[Ca+2]. The van der Waals surface area contributed by atoms with Crippen LogP contribution in [-0.4, -0.2) is 75.2 Å². The molecule has 0 fully saturated rings. The molecule has 0 spiro atoms. The van der Waals surface area contributed by atoms with E-state index in [1.807, 2.05) is 0 Å². The van der Waals surface area contributed by atoms with Crippen LogP contribution >= 0.6 is 0 Å². The Hall–Kier alpha value is 0.560. The van der Waals surface area contributed by atoms with E-state index in [4.69, 9.17) is 0 Å². The van der Waals surface area contributed by atoms with Crippen molar-refractivity contribution in [2.45, 2.75) is 13.8 Å². The maximum atomic E-state index is 9.78. The van der Waals surface area contributed by atoms with E-state index in [0.717, 1.165) is 0 Å². The Bertz CT molecular complexity index is 379. The first-order valence-electron chi connectivity index (χ1n) is 4.22. The minimum Gasteiger partial charge on any atom is -0.748 e. The van der Waals surface area contributed by atoms with Gasteiger partial charge in [-0.15, -0.1) is 0 Å². The molecule has 0 N–H and O–H groups in total. The molecule has 96 valence electrons. The van der Waals surface area contributed by atoms with Crippen LogP contribution in [0.25, 0.3) is 0 Å². The average Bonchev–Trinajstić information content (AvgIpc) is 2.10. The Kier molecular flexibility index (Phi) is 15.6. The molecule has 6 nitrogen and oxygen atoms in total. The van der Waals surface area contributed by atoms with Crippen LogP contribution in [0.1, 0.15) is 13.8 Å². The van der Waals surface area contributed by atoms with Crippen molar-refractivity contribution in [1.29, 1.82) is 0 Å². The summed E-state index contributed by atoms with van der Waals surface area (Å²) >= 11 is 0. The molecule has 0 bridgehead atoms. The molecule has 0 amide bonds. The Labute approximate surface area is 132 Å². The molecule has 0 aliphatic rings. The van der Waals surface area contributed by atoms with E-state index in [1.54, 1.807) is 13.8 Å².